The molecule has 0 saturated carbocycles. The third-order valence-electron chi connectivity index (χ3n) is 3.30. The largest absolute Gasteiger partial charge is 0.375 e. The van der Waals surface area contributed by atoms with Crippen LogP contribution < -0.4 is 4.90 Å². The molecule has 1 aliphatic heterocycles. The van der Waals surface area contributed by atoms with Gasteiger partial charge in [-0.25, -0.2) is 9.97 Å². The minimum Gasteiger partial charge on any atom is -0.375 e. The number of ether oxygens (including phenoxy) is 1. The van der Waals surface area contributed by atoms with Gasteiger partial charge in [-0.1, -0.05) is 18.5 Å². The molecule has 0 N–H and O–H groups in total. The summed E-state index contributed by atoms with van der Waals surface area (Å²) in [6, 6.07) is 0.315. The normalized spacial score (nSPS) is 24.4. The number of hydrogen-bond donors (Lipinski definition) is 0. The van der Waals surface area contributed by atoms with E-state index in [-0.39, 0.29) is 6.10 Å². The summed E-state index contributed by atoms with van der Waals surface area (Å²) in [4.78, 5) is 11.2. The highest BCUT2D eigenvalue weighted by Gasteiger charge is 2.26. The molecule has 1 aliphatic rings. The van der Waals surface area contributed by atoms with Crippen molar-refractivity contribution < 1.29 is 4.74 Å². The predicted octanol–water partition coefficient (Wildman–Crippen LogP) is 2.61. The number of nitrogens with zero attached hydrogens (tertiary/aromatic N) is 3. The summed E-state index contributed by atoms with van der Waals surface area (Å²) in [6.45, 7) is 9.81. The molecule has 1 fully saturated rings. The van der Waals surface area contributed by atoms with Gasteiger partial charge >= 0.3 is 0 Å². The van der Waals surface area contributed by atoms with Gasteiger partial charge in [0.05, 0.1) is 18.8 Å². The lowest BCUT2D eigenvalue weighted by Crippen LogP contribution is -2.48. The number of anilines is 1. The molecular weight excluding hydrogens is 250 g/mol. The Hall–Kier alpha value is -0.870. The maximum absolute atomic E-state index is 6.19. The second-order valence-electron chi connectivity index (χ2n) is 4.88. The maximum atomic E-state index is 6.19. The van der Waals surface area contributed by atoms with Crippen molar-refractivity contribution in [3.63, 3.8) is 0 Å². The molecule has 0 spiro atoms. The van der Waals surface area contributed by atoms with Crippen LogP contribution in [0.2, 0.25) is 5.15 Å². The quantitative estimate of drug-likeness (QED) is 0.774. The Labute approximate surface area is 113 Å². The van der Waals surface area contributed by atoms with Crippen molar-refractivity contribution in [2.75, 3.05) is 18.1 Å². The van der Waals surface area contributed by atoms with Crippen LogP contribution >= 0.6 is 11.6 Å². The summed E-state index contributed by atoms with van der Waals surface area (Å²) in [7, 11) is 0. The second kappa shape index (κ2) is 5.41. The van der Waals surface area contributed by atoms with Gasteiger partial charge in [0.15, 0.2) is 0 Å². The highest BCUT2D eigenvalue weighted by Crippen LogP contribution is 2.27. The SMILES string of the molecule is CCc1nc(Cl)c(C)c(N2CC(C)OCC2C)n1. The first kappa shape index (κ1) is 13.6. The van der Waals surface area contributed by atoms with E-state index >= 15 is 0 Å². The van der Waals surface area contributed by atoms with Crippen LogP contribution in [-0.2, 0) is 11.2 Å². The van der Waals surface area contributed by atoms with E-state index in [9.17, 15) is 0 Å². The average Bonchev–Trinajstić information content (AvgIpc) is 2.35. The number of hydrogen-bond acceptors (Lipinski definition) is 4. The standard InChI is InChI=1S/C13H20ClN3O/c1-5-11-15-12(14)10(4)13(16-11)17-6-9(3)18-7-8(17)2/h8-9H,5-7H2,1-4H3. The molecule has 0 bridgehead atoms. The summed E-state index contributed by atoms with van der Waals surface area (Å²) >= 11 is 6.19. The molecule has 0 radical (unpaired) electrons. The predicted molar refractivity (Wildman–Crippen MR) is 73.4 cm³/mol. The second-order valence-corrected chi connectivity index (χ2v) is 5.24. The van der Waals surface area contributed by atoms with Gasteiger partial charge in [-0.05, 0) is 20.8 Å². The molecule has 2 atom stereocenters. The van der Waals surface area contributed by atoms with Gasteiger partial charge in [0.2, 0.25) is 0 Å². The van der Waals surface area contributed by atoms with E-state index in [2.05, 4.69) is 28.7 Å². The van der Waals surface area contributed by atoms with E-state index in [4.69, 9.17) is 16.3 Å². The van der Waals surface area contributed by atoms with Gasteiger partial charge in [0, 0.05) is 18.5 Å². The lowest BCUT2D eigenvalue weighted by atomic mass is 10.2. The maximum Gasteiger partial charge on any atom is 0.137 e. The van der Waals surface area contributed by atoms with Gasteiger partial charge in [-0.2, -0.15) is 0 Å². The number of aromatic nitrogens is 2. The minimum atomic E-state index is 0.222. The first-order valence-electron chi connectivity index (χ1n) is 6.44. The first-order chi connectivity index (χ1) is 8.52. The summed E-state index contributed by atoms with van der Waals surface area (Å²) in [5.41, 5.74) is 0.954. The van der Waals surface area contributed by atoms with Crippen molar-refractivity contribution in [1.29, 1.82) is 0 Å². The highest BCUT2D eigenvalue weighted by molar-refractivity contribution is 6.30. The molecule has 2 rings (SSSR count). The smallest absolute Gasteiger partial charge is 0.137 e. The van der Waals surface area contributed by atoms with Gasteiger partial charge in [-0.3, -0.25) is 0 Å². The van der Waals surface area contributed by atoms with Crippen LogP contribution in [0.1, 0.15) is 32.2 Å². The Kier molecular flexibility index (Phi) is 4.07. The van der Waals surface area contributed by atoms with Crippen molar-refractivity contribution in [3.05, 3.63) is 16.5 Å². The number of aryl methyl sites for hydroxylation is 1. The van der Waals surface area contributed by atoms with Gasteiger partial charge in [-0.15, -0.1) is 0 Å². The topological polar surface area (TPSA) is 38.2 Å². The zero-order chi connectivity index (χ0) is 13.3. The van der Waals surface area contributed by atoms with Gasteiger partial charge in [0.25, 0.3) is 0 Å². The molecule has 0 aliphatic carbocycles. The fraction of sp³-hybridized carbons (Fsp3) is 0.692. The fourth-order valence-electron chi connectivity index (χ4n) is 2.16. The Morgan fingerprint density at radius 2 is 2.11 bits per heavy atom. The molecule has 1 aromatic rings. The van der Waals surface area contributed by atoms with Crippen LogP contribution in [0.3, 0.4) is 0 Å². The van der Waals surface area contributed by atoms with E-state index in [1.165, 1.54) is 0 Å². The molecular formula is C13H20ClN3O. The molecule has 18 heavy (non-hydrogen) atoms. The Morgan fingerprint density at radius 1 is 1.39 bits per heavy atom. The van der Waals surface area contributed by atoms with Crippen LogP contribution in [0.25, 0.3) is 0 Å². The molecule has 4 nitrogen and oxygen atoms in total. The molecule has 1 saturated heterocycles. The van der Waals surface area contributed by atoms with Crippen LogP contribution in [0.15, 0.2) is 0 Å². The summed E-state index contributed by atoms with van der Waals surface area (Å²) in [5, 5.41) is 0.559. The lowest BCUT2D eigenvalue weighted by Gasteiger charge is -2.38. The van der Waals surface area contributed by atoms with Crippen molar-refractivity contribution in [2.24, 2.45) is 0 Å². The molecule has 2 unspecified atom stereocenters. The van der Waals surface area contributed by atoms with Crippen LogP contribution in [-0.4, -0.2) is 35.3 Å². The third kappa shape index (κ3) is 2.59. The van der Waals surface area contributed by atoms with Crippen molar-refractivity contribution >= 4 is 17.4 Å². The molecule has 100 valence electrons. The van der Waals surface area contributed by atoms with Gasteiger partial charge in [0.1, 0.15) is 16.8 Å². The monoisotopic (exact) mass is 269 g/mol. The minimum absolute atomic E-state index is 0.222. The lowest BCUT2D eigenvalue weighted by molar-refractivity contribution is 0.0340. The van der Waals surface area contributed by atoms with Crippen LogP contribution in [0.4, 0.5) is 5.82 Å². The van der Waals surface area contributed by atoms with Crippen LogP contribution in [0.5, 0.6) is 0 Å². The van der Waals surface area contributed by atoms with E-state index in [1.54, 1.807) is 0 Å². The van der Waals surface area contributed by atoms with Gasteiger partial charge < -0.3 is 9.64 Å². The van der Waals surface area contributed by atoms with E-state index in [1.807, 2.05) is 13.8 Å². The first-order valence-corrected chi connectivity index (χ1v) is 6.82. The van der Waals surface area contributed by atoms with E-state index in [0.29, 0.717) is 11.2 Å². The Balaban J connectivity index is 2.39. The summed E-state index contributed by atoms with van der Waals surface area (Å²) in [6.07, 6.45) is 1.01. The molecule has 2 heterocycles. The van der Waals surface area contributed by atoms with E-state index in [0.717, 1.165) is 36.8 Å². The zero-order valence-corrected chi connectivity index (χ0v) is 12.2. The molecule has 0 aromatic carbocycles. The fourth-order valence-corrected chi connectivity index (χ4v) is 2.34. The third-order valence-corrected chi connectivity index (χ3v) is 3.67. The molecule has 1 aromatic heterocycles. The molecule has 5 heteroatoms. The number of halogens is 1. The Bertz CT molecular complexity index is 438. The summed E-state index contributed by atoms with van der Waals surface area (Å²) < 4.78 is 5.65. The number of morpholine rings is 1. The Morgan fingerprint density at radius 3 is 2.78 bits per heavy atom. The van der Waals surface area contributed by atoms with Crippen LogP contribution in [0, 0.1) is 6.92 Å². The van der Waals surface area contributed by atoms with Crippen molar-refractivity contribution in [3.8, 4) is 0 Å². The molecule has 0 amide bonds. The zero-order valence-electron chi connectivity index (χ0n) is 11.4. The van der Waals surface area contributed by atoms with Crippen molar-refractivity contribution in [1.82, 2.24) is 9.97 Å². The average molecular weight is 270 g/mol. The highest BCUT2D eigenvalue weighted by atomic mass is 35.5. The van der Waals surface area contributed by atoms with Crippen molar-refractivity contribution in [2.45, 2.75) is 46.3 Å². The van der Waals surface area contributed by atoms with E-state index < -0.39 is 0 Å². The number of rotatable bonds is 2. The summed E-state index contributed by atoms with van der Waals surface area (Å²) in [5.74, 6) is 1.75.